The third kappa shape index (κ3) is 6.22. The molecule has 3 nitrogen and oxygen atoms in total. The zero-order chi connectivity index (χ0) is 15.5. The Balaban J connectivity index is 4.55. The molecule has 0 aliphatic heterocycles. The van der Waals surface area contributed by atoms with Gasteiger partial charge in [-0.05, 0) is 38.9 Å². The van der Waals surface area contributed by atoms with E-state index in [4.69, 9.17) is 10.8 Å². The van der Waals surface area contributed by atoms with E-state index < -0.39 is 19.3 Å². The van der Waals surface area contributed by atoms with Crippen molar-refractivity contribution in [2.75, 3.05) is 6.61 Å². The molecule has 1 unspecified atom stereocenters. The Kier molecular flexibility index (Phi) is 6.48. The van der Waals surface area contributed by atoms with Crippen LogP contribution in [0.2, 0.25) is 18.1 Å². The van der Waals surface area contributed by atoms with E-state index in [1.165, 1.54) is 0 Å². The molecule has 0 saturated heterocycles. The third-order valence-corrected chi connectivity index (χ3v) is 9.54. The number of hydrogen-bond acceptors (Lipinski definition) is 2. The van der Waals surface area contributed by atoms with Crippen LogP contribution in [0.5, 0.6) is 0 Å². The van der Waals surface area contributed by atoms with E-state index in [0.29, 0.717) is 6.61 Å². The molecular weight excluding hydrogens is 274 g/mol. The first-order valence-electron chi connectivity index (χ1n) is 6.59. The van der Waals surface area contributed by atoms with Crippen LogP contribution < -0.4 is 4.72 Å². The van der Waals surface area contributed by atoms with Gasteiger partial charge in [-0.2, -0.15) is 0 Å². The Labute approximate surface area is 122 Å². The highest BCUT2D eigenvalue weighted by Crippen LogP contribution is 2.36. The van der Waals surface area contributed by atoms with Gasteiger partial charge in [0.25, 0.3) is 0 Å². The predicted molar refractivity (Wildman–Crippen MR) is 86.8 cm³/mol. The van der Waals surface area contributed by atoms with Crippen molar-refractivity contribution >= 4 is 19.3 Å². The average Bonchev–Trinajstić information content (AvgIpc) is 2.20. The molecule has 5 heteroatoms. The van der Waals surface area contributed by atoms with Gasteiger partial charge in [-0.15, -0.1) is 6.42 Å². The molecule has 0 aromatic heterocycles. The molecule has 19 heavy (non-hydrogen) atoms. The van der Waals surface area contributed by atoms with Crippen molar-refractivity contribution in [3.63, 3.8) is 0 Å². The molecule has 1 N–H and O–H groups in total. The number of terminal acetylenes is 1. The number of rotatable bonds is 5. The summed E-state index contributed by atoms with van der Waals surface area (Å²) in [5.41, 5.74) is 0. The van der Waals surface area contributed by atoms with Crippen molar-refractivity contribution in [3.8, 4) is 12.3 Å². The summed E-state index contributed by atoms with van der Waals surface area (Å²) < 4.78 is 20.7. The first-order chi connectivity index (χ1) is 8.31. The van der Waals surface area contributed by atoms with E-state index in [9.17, 15) is 4.21 Å². The Morgan fingerprint density at radius 2 is 1.74 bits per heavy atom. The third-order valence-electron chi connectivity index (χ3n) is 3.42. The van der Waals surface area contributed by atoms with Crippen molar-refractivity contribution < 1.29 is 8.63 Å². The smallest absolute Gasteiger partial charge is 0.192 e. The van der Waals surface area contributed by atoms with Crippen LogP contribution in [0.15, 0.2) is 0 Å². The van der Waals surface area contributed by atoms with Crippen LogP contribution in [0.4, 0.5) is 0 Å². The average molecular weight is 304 g/mol. The van der Waals surface area contributed by atoms with E-state index >= 15 is 0 Å². The molecule has 0 amide bonds. The normalized spacial score (nSPS) is 16.8. The molecule has 0 aliphatic rings. The van der Waals surface area contributed by atoms with Gasteiger partial charge in [-0.25, -0.2) is 8.93 Å². The SMILES string of the molecule is C#C[C@H](CO[Si](C)(C)C(C)(C)C)NS(=O)C(C)(C)C. The van der Waals surface area contributed by atoms with Crippen molar-refractivity contribution in [2.45, 2.75) is 70.5 Å². The molecule has 0 heterocycles. The van der Waals surface area contributed by atoms with Gasteiger partial charge >= 0.3 is 0 Å². The lowest BCUT2D eigenvalue weighted by Gasteiger charge is -2.37. The lowest BCUT2D eigenvalue weighted by Crippen LogP contribution is -2.46. The summed E-state index contributed by atoms with van der Waals surface area (Å²) in [7, 11) is -2.99. The Morgan fingerprint density at radius 3 is 2.05 bits per heavy atom. The second kappa shape index (κ2) is 6.53. The molecule has 0 saturated carbocycles. The summed E-state index contributed by atoms with van der Waals surface area (Å²) >= 11 is 0. The molecule has 2 atom stereocenters. The van der Waals surface area contributed by atoms with Crippen LogP contribution >= 0.6 is 0 Å². The van der Waals surface area contributed by atoms with Crippen LogP contribution in [0, 0.1) is 12.3 Å². The largest absolute Gasteiger partial charge is 0.414 e. The van der Waals surface area contributed by atoms with Gasteiger partial charge in [0.15, 0.2) is 8.32 Å². The molecule has 0 rings (SSSR count). The predicted octanol–water partition coefficient (Wildman–Crippen LogP) is 3.06. The van der Waals surface area contributed by atoms with Crippen LogP contribution in [0.25, 0.3) is 0 Å². The Hall–Kier alpha value is -0.153. The molecule has 0 spiro atoms. The summed E-state index contributed by atoms with van der Waals surface area (Å²) in [6.07, 6.45) is 5.49. The maximum absolute atomic E-state index is 12.0. The fourth-order valence-electron chi connectivity index (χ4n) is 0.930. The van der Waals surface area contributed by atoms with Gasteiger partial charge in [0.05, 0.1) is 22.3 Å². The van der Waals surface area contributed by atoms with Gasteiger partial charge in [-0.1, -0.05) is 26.7 Å². The van der Waals surface area contributed by atoms with Crippen molar-refractivity contribution in [2.24, 2.45) is 0 Å². The van der Waals surface area contributed by atoms with Crippen LogP contribution in [0.1, 0.15) is 41.5 Å². The number of nitrogens with one attached hydrogen (secondary N) is 1. The molecule has 0 fully saturated rings. The summed E-state index contributed by atoms with van der Waals surface area (Å²) in [6.45, 7) is 17.1. The second-order valence-electron chi connectivity index (χ2n) is 7.29. The minimum atomic E-state index is -1.82. The first kappa shape index (κ1) is 18.8. The molecule has 0 aromatic rings. The maximum atomic E-state index is 12.0. The fourth-order valence-corrected chi connectivity index (χ4v) is 2.69. The van der Waals surface area contributed by atoms with E-state index in [2.05, 4.69) is 44.5 Å². The van der Waals surface area contributed by atoms with Gasteiger partial charge in [0, 0.05) is 0 Å². The van der Waals surface area contributed by atoms with E-state index in [1.807, 2.05) is 20.8 Å². The minimum absolute atomic E-state index is 0.148. The van der Waals surface area contributed by atoms with Gasteiger partial charge in [-0.3, -0.25) is 0 Å². The lowest BCUT2D eigenvalue weighted by atomic mass is 10.2. The van der Waals surface area contributed by atoms with Gasteiger partial charge in [0.1, 0.15) is 6.04 Å². The molecule has 0 bridgehead atoms. The Morgan fingerprint density at radius 1 is 1.26 bits per heavy atom. The molecule has 112 valence electrons. The molecule has 0 radical (unpaired) electrons. The maximum Gasteiger partial charge on any atom is 0.192 e. The monoisotopic (exact) mass is 303 g/mol. The zero-order valence-electron chi connectivity index (χ0n) is 13.6. The topological polar surface area (TPSA) is 38.3 Å². The highest BCUT2D eigenvalue weighted by atomic mass is 32.2. The van der Waals surface area contributed by atoms with E-state index in [1.54, 1.807) is 0 Å². The van der Waals surface area contributed by atoms with E-state index in [-0.39, 0.29) is 15.8 Å². The molecule has 0 aromatic carbocycles. The summed E-state index contributed by atoms with van der Waals surface area (Å²) in [5.74, 6) is 2.62. The highest BCUT2D eigenvalue weighted by Gasteiger charge is 2.37. The minimum Gasteiger partial charge on any atom is -0.414 e. The standard InChI is InChI=1S/C14H29NO2SSi/c1-10-12(15-18(16)13(2,3)4)11-17-19(8,9)14(5,6)7/h1,12,15H,11H2,2-9H3/t12-,18?/m1/s1. The van der Waals surface area contributed by atoms with Crippen LogP contribution in [-0.2, 0) is 15.4 Å². The first-order valence-corrected chi connectivity index (χ1v) is 10.7. The molecular formula is C14H29NO2SSi. The van der Waals surface area contributed by atoms with Crippen molar-refractivity contribution in [1.82, 2.24) is 4.72 Å². The van der Waals surface area contributed by atoms with Crippen molar-refractivity contribution in [1.29, 1.82) is 0 Å². The highest BCUT2D eigenvalue weighted by molar-refractivity contribution is 7.84. The summed E-state index contributed by atoms with van der Waals surface area (Å²) in [4.78, 5) is 0. The fraction of sp³-hybridized carbons (Fsp3) is 0.857. The van der Waals surface area contributed by atoms with Crippen LogP contribution in [0.3, 0.4) is 0 Å². The summed E-state index contributed by atoms with van der Waals surface area (Å²) in [6, 6.07) is -0.311. The van der Waals surface area contributed by atoms with Gasteiger partial charge < -0.3 is 4.43 Å². The quantitative estimate of drug-likeness (QED) is 0.626. The second-order valence-corrected chi connectivity index (χ2v) is 14.1. The van der Waals surface area contributed by atoms with Gasteiger partial charge in [0.2, 0.25) is 0 Å². The summed E-state index contributed by atoms with van der Waals surface area (Å²) in [5, 5.41) is 0.148. The Bertz CT molecular complexity index is 361. The van der Waals surface area contributed by atoms with Crippen molar-refractivity contribution in [3.05, 3.63) is 0 Å². The zero-order valence-corrected chi connectivity index (χ0v) is 15.4. The van der Waals surface area contributed by atoms with E-state index in [0.717, 1.165) is 0 Å². The lowest BCUT2D eigenvalue weighted by molar-refractivity contribution is 0.276. The number of hydrogen-bond donors (Lipinski definition) is 1. The molecule has 0 aliphatic carbocycles. The van der Waals surface area contributed by atoms with Crippen LogP contribution in [-0.4, -0.2) is 29.9 Å².